The number of halogens is 1. The van der Waals surface area contributed by atoms with E-state index in [4.69, 9.17) is 9.47 Å². The predicted molar refractivity (Wildman–Crippen MR) is 123 cm³/mol. The van der Waals surface area contributed by atoms with Crippen LogP contribution in [0.2, 0.25) is 0 Å². The lowest BCUT2D eigenvalue weighted by Gasteiger charge is -2.19. The van der Waals surface area contributed by atoms with Crippen LogP contribution in [0.4, 0.5) is 10.5 Å². The van der Waals surface area contributed by atoms with Gasteiger partial charge in [-0.15, -0.1) is 0 Å². The third kappa shape index (κ3) is 12.4. The summed E-state index contributed by atoms with van der Waals surface area (Å²) in [6.45, 7) is 3.18. The van der Waals surface area contributed by atoms with Gasteiger partial charge >= 0.3 is 17.2 Å². The summed E-state index contributed by atoms with van der Waals surface area (Å²) in [6, 6.07) is 6.05. The summed E-state index contributed by atoms with van der Waals surface area (Å²) in [5, 5.41) is 14.5. The normalized spacial score (nSPS) is 11.8. The largest absolute Gasteiger partial charge is 1.00 e. The molecule has 0 aliphatic rings. The zero-order valence-corrected chi connectivity index (χ0v) is 21.1. The highest BCUT2D eigenvalue weighted by Gasteiger charge is 2.26. The maximum Gasteiger partial charge on any atom is 0.364 e. The van der Waals surface area contributed by atoms with Crippen LogP contribution < -0.4 is 33.8 Å². The Morgan fingerprint density at radius 3 is 2.31 bits per heavy atom. The number of nitrogens with one attached hydrogen (secondary N) is 2. The lowest BCUT2D eigenvalue weighted by molar-refractivity contribution is -0.409. The van der Waals surface area contributed by atoms with Crippen LogP contribution in [-0.4, -0.2) is 71.8 Å². The van der Waals surface area contributed by atoms with Gasteiger partial charge in [0, 0.05) is 18.6 Å². The van der Waals surface area contributed by atoms with E-state index >= 15 is 0 Å². The monoisotopic (exact) mass is 534 g/mol. The second kappa shape index (κ2) is 17.5. The van der Waals surface area contributed by atoms with Gasteiger partial charge in [0.1, 0.15) is 12.6 Å². The Kier molecular flexibility index (Phi) is 16.1. The standard InChI is InChI=1S/C21H30N4O8S.ClH/c1-3-32-18(27)12-23-19(28)16(24-17(26)11-10-15(22)20(29)33-4-2)13-34-21(30)25(31)14-8-6-5-7-9-14;/h5-9,15-16,31H,3-4,10-13,22H2,1-2H3,(H,23,28)(H,24,26);1H/t15?,16-;/m0./s1. The van der Waals surface area contributed by atoms with Crippen LogP contribution in [0, 0.1) is 0 Å². The van der Waals surface area contributed by atoms with Gasteiger partial charge in [-0.05, 0) is 26.0 Å². The van der Waals surface area contributed by atoms with E-state index in [0.29, 0.717) is 16.8 Å². The van der Waals surface area contributed by atoms with Gasteiger partial charge < -0.3 is 38.2 Å². The number of carbonyl (C=O) groups is 5. The molecule has 2 atom stereocenters. The van der Waals surface area contributed by atoms with Gasteiger partial charge in [-0.2, -0.15) is 5.06 Å². The molecule has 6 N–H and O–H groups in total. The van der Waals surface area contributed by atoms with E-state index in [1.165, 1.54) is 12.1 Å². The minimum atomic E-state index is -1.20. The first kappa shape index (κ1) is 32.1. The fraction of sp³-hybridized carbons (Fsp3) is 0.476. The molecule has 0 heterocycles. The molecule has 0 bridgehead atoms. The Morgan fingerprint density at radius 2 is 1.71 bits per heavy atom. The first-order valence-electron chi connectivity index (χ1n) is 10.6. The number of ether oxygens (including phenoxy) is 2. The minimum Gasteiger partial charge on any atom is -1.00 e. The Hall–Kier alpha value is -2.87. The Morgan fingerprint density at radius 1 is 1.09 bits per heavy atom. The lowest BCUT2D eigenvalue weighted by atomic mass is 10.1. The van der Waals surface area contributed by atoms with Crippen LogP contribution in [0.1, 0.15) is 26.7 Å². The molecular formula is C21H31ClN4O8S. The molecule has 35 heavy (non-hydrogen) atoms. The first-order valence-corrected chi connectivity index (χ1v) is 11.6. The lowest BCUT2D eigenvalue weighted by Crippen LogP contribution is -3.00. The molecule has 1 rings (SSSR count). The van der Waals surface area contributed by atoms with E-state index in [0.717, 1.165) is 0 Å². The van der Waals surface area contributed by atoms with Crippen molar-refractivity contribution in [1.29, 1.82) is 0 Å². The van der Waals surface area contributed by atoms with Crippen LogP contribution in [0.3, 0.4) is 0 Å². The van der Waals surface area contributed by atoms with Crippen molar-refractivity contribution in [3.63, 3.8) is 0 Å². The number of benzene rings is 1. The third-order valence-corrected chi connectivity index (χ3v) is 5.17. The topological polar surface area (TPSA) is 179 Å². The second-order valence-electron chi connectivity index (χ2n) is 6.85. The van der Waals surface area contributed by atoms with Crippen LogP contribution in [0.15, 0.2) is 30.3 Å². The van der Waals surface area contributed by atoms with Crippen molar-refractivity contribution < 1.29 is 56.8 Å². The van der Waals surface area contributed by atoms with Crippen LogP contribution >= 0.6 is 11.8 Å². The van der Waals surface area contributed by atoms with Gasteiger partial charge in [0.25, 0.3) is 0 Å². The van der Waals surface area contributed by atoms with Crippen molar-refractivity contribution in [2.75, 3.05) is 30.6 Å². The first-order chi connectivity index (χ1) is 16.2. The zero-order valence-electron chi connectivity index (χ0n) is 19.5. The Labute approximate surface area is 213 Å². The molecule has 0 saturated heterocycles. The average molecular weight is 535 g/mol. The van der Waals surface area contributed by atoms with Gasteiger partial charge in [0.05, 0.1) is 18.9 Å². The molecule has 0 aliphatic carbocycles. The van der Waals surface area contributed by atoms with E-state index in [-0.39, 0.29) is 49.9 Å². The zero-order chi connectivity index (χ0) is 25.5. The summed E-state index contributed by atoms with van der Waals surface area (Å²) >= 11 is 0.597. The number of thioether (sulfide) groups is 1. The summed E-state index contributed by atoms with van der Waals surface area (Å²) in [5.74, 6) is -2.71. The number of carbonyl (C=O) groups excluding carboxylic acids is 5. The number of hydroxylamine groups is 1. The molecule has 1 unspecified atom stereocenters. The summed E-state index contributed by atoms with van der Waals surface area (Å²) in [7, 11) is 0. The molecule has 0 spiro atoms. The van der Waals surface area contributed by atoms with Gasteiger partial charge in [0.15, 0.2) is 6.04 Å². The van der Waals surface area contributed by atoms with Gasteiger partial charge in [-0.3, -0.25) is 24.4 Å². The summed E-state index contributed by atoms with van der Waals surface area (Å²) < 4.78 is 9.59. The molecule has 3 amide bonds. The fourth-order valence-corrected chi connectivity index (χ4v) is 3.29. The number of para-hydroxylation sites is 1. The minimum absolute atomic E-state index is 0. The van der Waals surface area contributed by atoms with E-state index in [2.05, 4.69) is 16.4 Å². The van der Waals surface area contributed by atoms with E-state index in [1.54, 1.807) is 32.0 Å². The van der Waals surface area contributed by atoms with Crippen molar-refractivity contribution in [2.24, 2.45) is 0 Å². The average Bonchev–Trinajstić information content (AvgIpc) is 2.83. The predicted octanol–water partition coefficient (Wildman–Crippen LogP) is -3.14. The summed E-state index contributed by atoms with van der Waals surface area (Å²) in [4.78, 5) is 60.4. The molecular weight excluding hydrogens is 504 g/mol. The number of anilines is 1. The highest BCUT2D eigenvalue weighted by molar-refractivity contribution is 8.13. The maximum absolute atomic E-state index is 12.6. The van der Waals surface area contributed by atoms with Crippen LogP contribution in [0.5, 0.6) is 0 Å². The summed E-state index contributed by atoms with van der Waals surface area (Å²) in [5.41, 5.74) is 3.88. The van der Waals surface area contributed by atoms with Gasteiger partial charge in [-0.1, -0.05) is 30.0 Å². The SMILES string of the molecule is CCOC(=O)CNC(=O)[C@H](CSC(=O)N(O)c1ccccc1)NC(=O)CCC([NH3+])C(=O)OCC.[Cl-]. The van der Waals surface area contributed by atoms with Crippen LogP contribution in [0.25, 0.3) is 0 Å². The molecule has 1 aromatic carbocycles. The second-order valence-corrected chi connectivity index (χ2v) is 7.83. The number of hydrogen-bond donors (Lipinski definition) is 4. The van der Waals surface area contributed by atoms with Crippen molar-refractivity contribution in [1.82, 2.24) is 10.6 Å². The van der Waals surface area contributed by atoms with Crippen molar-refractivity contribution >= 4 is 46.4 Å². The quantitative estimate of drug-likeness (QED) is 0.115. The van der Waals surface area contributed by atoms with Gasteiger partial charge in [0.2, 0.25) is 11.8 Å². The van der Waals surface area contributed by atoms with E-state index in [9.17, 15) is 29.2 Å². The molecule has 196 valence electrons. The molecule has 14 heteroatoms. The molecule has 0 aromatic heterocycles. The number of nitrogens with zero attached hydrogens (tertiary/aromatic N) is 1. The Balaban J connectivity index is 0.0000116. The van der Waals surface area contributed by atoms with E-state index in [1.807, 2.05) is 0 Å². The van der Waals surface area contributed by atoms with Crippen LogP contribution in [-0.2, 0) is 28.7 Å². The smallest absolute Gasteiger partial charge is 0.364 e. The highest BCUT2D eigenvalue weighted by Crippen LogP contribution is 2.17. The molecule has 0 fully saturated rings. The highest BCUT2D eigenvalue weighted by atomic mass is 35.5. The molecule has 0 aliphatic heterocycles. The molecule has 0 saturated carbocycles. The van der Waals surface area contributed by atoms with Crippen molar-refractivity contribution in [3.05, 3.63) is 30.3 Å². The maximum atomic E-state index is 12.6. The number of rotatable bonds is 13. The number of quaternary nitrogens is 1. The third-order valence-electron chi connectivity index (χ3n) is 4.25. The summed E-state index contributed by atoms with van der Waals surface area (Å²) in [6.07, 6.45) is -0.0320. The number of amides is 3. The number of esters is 2. The fourth-order valence-electron chi connectivity index (χ4n) is 2.52. The van der Waals surface area contributed by atoms with Crippen molar-refractivity contribution in [2.45, 2.75) is 38.8 Å². The van der Waals surface area contributed by atoms with E-state index < -0.39 is 47.6 Å². The van der Waals surface area contributed by atoms with Crippen molar-refractivity contribution in [3.8, 4) is 0 Å². The Bertz CT molecular complexity index is 846. The van der Waals surface area contributed by atoms with Gasteiger partial charge in [-0.25, -0.2) is 4.79 Å². The molecule has 0 radical (unpaired) electrons. The number of hydrogen-bond acceptors (Lipinski definition) is 9. The molecule has 1 aromatic rings. The molecule has 12 nitrogen and oxygen atoms in total.